The topological polar surface area (TPSA) is 18.5 Å². The molecular weight excluding hydrogens is 320 g/mol. The second-order valence-corrected chi connectivity index (χ2v) is 8.32. The van der Waals surface area contributed by atoms with Crippen LogP contribution in [0.3, 0.4) is 0 Å². The SMILES string of the molecule is Cc1cc(C)c(-c2c(C)cc(C)cc2OCC(C)C)c(OCC(C)C)c1. The minimum absolute atomic E-state index is 0.486. The van der Waals surface area contributed by atoms with Crippen molar-refractivity contribution in [3.8, 4) is 22.6 Å². The lowest BCUT2D eigenvalue weighted by Crippen LogP contribution is -2.09. The molecule has 0 aliphatic heterocycles. The van der Waals surface area contributed by atoms with Crippen molar-refractivity contribution in [3.63, 3.8) is 0 Å². The Balaban J connectivity index is 2.62. The van der Waals surface area contributed by atoms with Gasteiger partial charge in [0.2, 0.25) is 0 Å². The lowest BCUT2D eigenvalue weighted by Gasteiger charge is -2.22. The molecule has 0 aliphatic carbocycles. The molecule has 142 valence electrons. The largest absolute Gasteiger partial charge is 0.493 e. The van der Waals surface area contributed by atoms with Crippen LogP contribution in [0.2, 0.25) is 0 Å². The third kappa shape index (κ3) is 5.03. The summed E-state index contributed by atoms with van der Waals surface area (Å²) in [5.41, 5.74) is 7.22. The Morgan fingerprint density at radius 3 is 1.27 bits per heavy atom. The average molecular weight is 355 g/mol. The zero-order valence-corrected chi connectivity index (χ0v) is 17.7. The highest BCUT2D eigenvalue weighted by Gasteiger charge is 2.19. The first-order valence-corrected chi connectivity index (χ1v) is 9.67. The molecule has 0 radical (unpaired) electrons. The maximum Gasteiger partial charge on any atom is 0.127 e. The molecule has 0 amide bonds. The van der Waals surface area contributed by atoms with Gasteiger partial charge in [-0.15, -0.1) is 0 Å². The maximum absolute atomic E-state index is 6.22. The summed E-state index contributed by atoms with van der Waals surface area (Å²) < 4.78 is 12.4. The molecule has 2 heteroatoms. The van der Waals surface area contributed by atoms with E-state index in [0.29, 0.717) is 25.0 Å². The van der Waals surface area contributed by atoms with Gasteiger partial charge in [-0.05, 0) is 73.9 Å². The number of hydrogen-bond acceptors (Lipinski definition) is 2. The molecule has 0 spiro atoms. The Kier molecular flexibility index (Phi) is 6.75. The van der Waals surface area contributed by atoms with Gasteiger partial charge in [-0.25, -0.2) is 0 Å². The van der Waals surface area contributed by atoms with E-state index in [2.05, 4.69) is 79.7 Å². The number of aryl methyl sites for hydroxylation is 4. The van der Waals surface area contributed by atoms with Crippen LogP contribution in [0.25, 0.3) is 11.1 Å². The van der Waals surface area contributed by atoms with E-state index >= 15 is 0 Å². The zero-order valence-electron chi connectivity index (χ0n) is 17.7. The zero-order chi connectivity index (χ0) is 19.4. The van der Waals surface area contributed by atoms with E-state index in [1.807, 2.05) is 0 Å². The maximum atomic E-state index is 6.22. The van der Waals surface area contributed by atoms with Gasteiger partial charge in [-0.3, -0.25) is 0 Å². The van der Waals surface area contributed by atoms with E-state index in [0.717, 1.165) is 22.6 Å². The summed E-state index contributed by atoms with van der Waals surface area (Å²) in [7, 11) is 0. The molecule has 0 N–H and O–H groups in total. The van der Waals surface area contributed by atoms with Gasteiger partial charge in [-0.1, -0.05) is 39.8 Å². The Hall–Kier alpha value is -1.96. The Morgan fingerprint density at radius 2 is 0.962 bits per heavy atom. The highest BCUT2D eigenvalue weighted by Crippen LogP contribution is 2.42. The third-order valence-electron chi connectivity index (χ3n) is 4.28. The minimum atomic E-state index is 0.486. The van der Waals surface area contributed by atoms with Gasteiger partial charge in [0, 0.05) is 11.1 Å². The molecule has 2 aromatic rings. The fourth-order valence-electron chi connectivity index (χ4n) is 3.24. The van der Waals surface area contributed by atoms with Gasteiger partial charge in [0.05, 0.1) is 13.2 Å². The summed E-state index contributed by atoms with van der Waals surface area (Å²) in [6.07, 6.45) is 0. The molecule has 0 saturated carbocycles. The Labute approximate surface area is 159 Å². The van der Waals surface area contributed by atoms with Crippen LogP contribution >= 0.6 is 0 Å². The molecule has 0 aromatic heterocycles. The van der Waals surface area contributed by atoms with Crippen molar-refractivity contribution in [1.82, 2.24) is 0 Å². The van der Waals surface area contributed by atoms with Crippen LogP contribution in [-0.2, 0) is 0 Å². The van der Waals surface area contributed by atoms with Crippen molar-refractivity contribution in [2.45, 2.75) is 55.4 Å². The van der Waals surface area contributed by atoms with Crippen molar-refractivity contribution in [2.24, 2.45) is 11.8 Å². The van der Waals surface area contributed by atoms with E-state index in [9.17, 15) is 0 Å². The quantitative estimate of drug-likeness (QED) is 0.553. The van der Waals surface area contributed by atoms with Crippen molar-refractivity contribution in [3.05, 3.63) is 46.5 Å². The molecule has 0 aliphatic rings. The lowest BCUT2D eigenvalue weighted by molar-refractivity contribution is 0.268. The molecule has 0 atom stereocenters. The summed E-state index contributed by atoms with van der Waals surface area (Å²) >= 11 is 0. The lowest BCUT2D eigenvalue weighted by atomic mass is 9.92. The molecule has 0 saturated heterocycles. The van der Waals surface area contributed by atoms with Gasteiger partial charge in [-0.2, -0.15) is 0 Å². The van der Waals surface area contributed by atoms with E-state index in [1.165, 1.54) is 22.3 Å². The van der Waals surface area contributed by atoms with Crippen LogP contribution in [0.5, 0.6) is 11.5 Å². The molecular formula is C24H34O2. The smallest absolute Gasteiger partial charge is 0.127 e. The molecule has 26 heavy (non-hydrogen) atoms. The highest BCUT2D eigenvalue weighted by molar-refractivity contribution is 5.82. The van der Waals surface area contributed by atoms with Gasteiger partial charge in [0.25, 0.3) is 0 Å². The van der Waals surface area contributed by atoms with Gasteiger partial charge in [0.15, 0.2) is 0 Å². The minimum Gasteiger partial charge on any atom is -0.493 e. The molecule has 2 rings (SSSR count). The normalized spacial score (nSPS) is 11.3. The monoisotopic (exact) mass is 354 g/mol. The first-order chi connectivity index (χ1) is 12.2. The second kappa shape index (κ2) is 8.62. The van der Waals surface area contributed by atoms with Crippen LogP contribution in [0, 0.1) is 39.5 Å². The van der Waals surface area contributed by atoms with E-state index in [4.69, 9.17) is 9.47 Å². The summed E-state index contributed by atoms with van der Waals surface area (Å²) in [6.45, 7) is 18.7. The van der Waals surface area contributed by atoms with Crippen molar-refractivity contribution in [2.75, 3.05) is 13.2 Å². The van der Waals surface area contributed by atoms with Crippen molar-refractivity contribution < 1.29 is 9.47 Å². The molecule has 0 heterocycles. The Bertz CT molecular complexity index is 692. The summed E-state index contributed by atoms with van der Waals surface area (Å²) in [6, 6.07) is 8.75. The molecule has 2 nitrogen and oxygen atoms in total. The predicted molar refractivity (Wildman–Crippen MR) is 111 cm³/mol. The van der Waals surface area contributed by atoms with E-state index in [-0.39, 0.29) is 0 Å². The van der Waals surface area contributed by atoms with Gasteiger partial charge < -0.3 is 9.47 Å². The van der Waals surface area contributed by atoms with Crippen LogP contribution in [0.1, 0.15) is 49.9 Å². The van der Waals surface area contributed by atoms with Gasteiger partial charge >= 0.3 is 0 Å². The standard InChI is InChI=1S/C24H34O2/c1-15(2)13-25-21-11-17(5)9-19(7)23(21)24-20(8)10-18(6)12-22(24)26-14-16(3)4/h9-12,15-16H,13-14H2,1-8H3. The number of hydrogen-bond donors (Lipinski definition) is 0. The van der Waals surface area contributed by atoms with Crippen LogP contribution in [0.4, 0.5) is 0 Å². The van der Waals surface area contributed by atoms with Crippen LogP contribution in [-0.4, -0.2) is 13.2 Å². The second-order valence-electron chi connectivity index (χ2n) is 8.32. The molecule has 0 fully saturated rings. The van der Waals surface area contributed by atoms with Crippen molar-refractivity contribution in [1.29, 1.82) is 0 Å². The number of benzene rings is 2. The van der Waals surface area contributed by atoms with Gasteiger partial charge in [0.1, 0.15) is 11.5 Å². The Morgan fingerprint density at radius 1 is 0.615 bits per heavy atom. The number of rotatable bonds is 7. The van der Waals surface area contributed by atoms with Crippen LogP contribution < -0.4 is 9.47 Å². The molecule has 0 bridgehead atoms. The molecule has 2 aromatic carbocycles. The summed E-state index contributed by atoms with van der Waals surface area (Å²) in [5.74, 6) is 2.88. The first-order valence-electron chi connectivity index (χ1n) is 9.67. The fourth-order valence-corrected chi connectivity index (χ4v) is 3.24. The number of ether oxygens (including phenoxy) is 2. The van der Waals surface area contributed by atoms with E-state index < -0.39 is 0 Å². The summed E-state index contributed by atoms with van der Waals surface area (Å²) in [4.78, 5) is 0. The van der Waals surface area contributed by atoms with E-state index in [1.54, 1.807) is 0 Å². The molecule has 0 unspecified atom stereocenters. The fraction of sp³-hybridized carbons (Fsp3) is 0.500. The summed E-state index contributed by atoms with van der Waals surface area (Å²) in [5, 5.41) is 0. The predicted octanol–water partition coefficient (Wildman–Crippen LogP) is 6.66. The first kappa shape index (κ1) is 20.4. The van der Waals surface area contributed by atoms with Crippen molar-refractivity contribution >= 4 is 0 Å². The van der Waals surface area contributed by atoms with Crippen LogP contribution in [0.15, 0.2) is 24.3 Å². The highest BCUT2D eigenvalue weighted by atomic mass is 16.5. The average Bonchev–Trinajstić information content (AvgIpc) is 2.51. The third-order valence-corrected chi connectivity index (χ3v) is 4.28.